The zero-order chi connectivity index (χ0) is 21.8. The molecule has 7 heteroatoms. The molecule has 1 aromatic heterocycles. The van der Waals surface area contributed by atoms with Gasteiger partial charge in [-0.15, -0.1) is 0 Å². The molecule has 6 nitrogen and oxygen atoms in total. The molecule has 1 aliphatic rings. The summed E-state index contributed by atoms with van der Waals surface area (Å²) in [5, 5.41) is 5.10. The molecule has 31 heavy (non-hydrogen) atoms. The molecular formula is C24H27ClN4O2. The van der Waals surface area contributed by atoms with Gasteiger partial charge in [-0.1, -0.05) is 23.7 Å². The van der Waals surface area contributed by atoms with Crippen molar-refractivity contribution in [3.05, 3.63) is 82.1 Å². The van der Waals surface area contributed by atoms with Gasteiger partial charge in [0, 0.05) is 62.1 Å². The monoisotopic (exact) mass is 438 g/mol. The van der Waals surface area contributed by atoms with Crippen molar-refractivity contribution in [3.8, 4) is 5.75 Å². The number of aromatic nitrogens is 2. The summed E-state index contributed by atoms with van der Waals surface area (Å²) in [4.78, 5) is 17.2. The van der Waals surface area contributed by atoms with Crippen LogP contribution in [0.3, 0.4) is 0 Å². The molecular weight excluding hydrogens is 412 g/mol. The van der Waals surface area contributed by atoms with Crippen LogP contribution in [-0.4, -0.2) is 51.7 Å². The molecule has 0 saturated carbocycles. The summed E-state index contributed by atoms with van der Waals surface area (Å²) in [6.45, 7) is 6.57. The fraction of sp³-hybridized carbons (Fsp3) is 0.333. The number of piperazine rings is 1. The number of rotatable bonds is 6. The highest BCUT2D eigenvalue weighted by molar-refractivity contribution is 6.30. The molecule has 0 atom stereocenters. The highest BCUT2D eigenvalue weighted by Gasteiger charge is 2.22. The Hall–Kier alpha value is -2.83. The third kappa shape index (κ3) is 5.46. The van der Waals surface area contributed by atoms with Crippen LogP contribution in [0.15, 0.2) is 54.7 Å². The van der Waals surface area contributed by atoms with Gasteiger partial charge < -0.3 is 9.64 Å². The van der Waals surface area contributed by atoms with E-state index in [9.17, 15) is 4.79 Å². The Morgan fingerprint density at radius 1 is 1.03 bits per heavy atom. The Kier molecular flexibility index (Phi) is 6.59. The number of carbonyl (C=O) groups excluding carboxylic acids is 1. The Bertz CT molecular complexity index is 1020. The Morgan fingerprint density at radius 2 is 1.71 bits per heavy atom. The van der Waals surface area contributed by atoms with Crippen LogP contribution < -0.4 is 4.74 Å². The SMILES string of the molecule is Cc1nn(C)cc1CN1CCN(C(=O)c2ccc(COc3ccc(Cl)cc3)cc2)CC1. The quantitative estimate of drug-likeness (QED) is 0.585. The zero-order valence-electron chi connectivity index (χ0n) is 17.9. The summed E-state index contributed by atoms with van der Waals surface area (Å²) < 4.78 is 7.62. The molecule has 2 aromatic carbocycles. The maximum absolute atomic E-state index is 12.9. The lowest BCUT2D eigenvalue weighted by Crippen LogP contribution is -2.48. The van der Waals surface area contributed by atoms with Crippen LogP contribution in [0.1, 0.15) is 27.2 Å². The number of aryl methyl sites for hydroxylation is 2. The van der Waals surface area contributed by atoms with E-state index in [1.165, 1.54) is 5.56 Å². The third-order valence-electron chi connectivity index (χ3n) is 5.59. The molecule has 1 fully saturated rings. The Morgan fingerprint density at radius 3 is 2.32 bits per heavy atom. The van der Waals surface area contributed by atoms with E-state index < -0.39 is 0 Å². The molecule has 0 spiro atoms. The van der Waals surface area contributed by atoms with Crippen LogP contribution in [0.4, 0.5) is 0 Å². The van der Waals surface area contributed by atoms with Crippen molar-refractivity contribution >= 4 is 17.5 Å². The molecule has 1 saturated heterocycles. The van der Waals surface area contributed by atoms with Gasteiger partial charge in [-0.05, 0) is 48.9 Å². The second-order valence-corrected chi connectivity index (χ2v) is 8.36. The van der Waals surface area contributed by atoms with E-state index >= 15 is 0 Å². The molecule has 0 aliphatic carbocycles. The van der Waals surface area contributed by atoms with Crippen molar-refractivity contribution in [1.29, 1.82) is 0 Å². The summed E-state index contributed by atoms with van der Waals surface area (Å²) in [7, 11) is 1.95. The first-order chi connectivity index (χ1) is 15.0. The predicted molar refractivity (Wildman–Crippen MR) is 121 cm³/mol. The number of hydrogen-bond donors (Lipinski definition) is 0. The first kappa shape index (κ1) is 21.4. The van der Waals surface area contributed by atoms with E-state index in [4.69, 9.17) is 16.3 Å². The minimum atomic E-state index is 0.0855. The van der Waals surface area contributed by atoms with Crippen molar-refractivity contribution in [2.75, 3.05) is 26.2 Å². The number of nitrogens with zero attached hydrogens (tertiary/aromatic N) is 4. The highest BCUT2D eigenvalue weighted by Crippen LogP contribution is 2.18. The summed E-state index contributed by atoms with van der Waals surface area (Å²) in [5.41, 5.74) is 4.05. The van der Waals surface area contributed by atoms with Gasteiger partial charge in [0.25, 0.3) is 5.91 Å². The van der Waals surface area contributed by atoms with Crippen LogP contribution in [0.2, 0.25) is 5.02 Å². The molecule has 4 rings (SSSR count). The average Bonchev–Trinajstić information content (AvgIpc) is 3.10. The number of hydrogen-bond acceptors (Lipinski definition) is 4. The molecule has 1 aliphatic heterocycles. The highest BCUT2D eigenvalue weighted by atomic mass is 35.5. The van der Waals surface area contributed by atoms with Gasteiger partial charge in [0.15, 0.2) is 0 Å². The third-order valence-corrected chi connectivity index (χ3v) is 5.84. The Labute approximate surface area is 188 Å². The van der Waals surface area contributed by atoms with E-state index in [2.05, 4.69) is 16.2 Å². The lowest BCUT2D eigenvalue weighted by molar-refractivity contribution is 0.0628. The van der Waals surface area contributed by atoms with Crippen LogP contribution in [0.25, 0.3) is 0 Å². The van der Waals surface area contributed by atoms with Gasteiger partial charge in [-0.3, -0.25) is 14.4 Å². The number of benzene rings is 2. The summed E-state index contributed by atoms with van der Waals surface area (Å²) >= 11 is 5.89. The molecule has 2 heterocycles. The minimum Gasteiger partial charge on any atom is -0.489 e. The number of carbonyl (C=O) groups is 1. The fourth-order valence-corrected chi connectivity index (χ4v) is 3.90. The smallest absolute Gasteiger partial charge is 0.253 e. The lowest BCUT2D eigenvalue weighted by Gasteiger charge is -2.34. The van der Waals surface area contributed by atoms with Crippen molar-refractivity contribution in [3.63, 3.8) is 0 Å². The van der Waals surface area contributed by atoms with E-state index in [1.54, 1.807) is 12.1 Å². The van der Waals surface area contributed by atoms with Crippen molar-refractivity contribution in [2.45, 2.75) is 20.1 Å². The van der Waals surface area contributed by atoms with Crippen molar-refractivity contribution in [2.24, 2.45) is 7.05 Å². The van der Waals surface area contributed by atoms with E-state index in [-0.39, 0.29) is 5.91 Å². The van der Waals surface area contributed by atoms with Crippen LogP contribution in [0.5, 0.6) is 5.75 Å². The predicted octanol–water partition coefficient (Wildman–Crippen LogP) is 3.92. The van der Waals surface area contributed by atoms with Gasteiger partial charge in [0.1, 0.15) is 12.4 Å². The van der Waals surface area contributed by atoms with E-state index in [0.29, 0.717) is 17.2 Å². The van der Waals surface area contributed by atoms with Crippen LogP contribution in [-0.2, 0) is 20.2 Å². The molecule has 1 amide bonds. The second kappa shape index (κ2) is 9.54. The van der Waals surface area contributed by atoms with Crippen LogP contribution in [0, 0.1) is 6.92 Å². The maximum Gasteiger partial charge on any atom is 0.253 e. The number of amides is 1. The van der Waals surface area contributed by atoms with Gasteiger partial charge in [0.05, 0.1) is 5.69 Å². The number of ether oxygens (including phenoxy) is 1. The first-order valence-electron chi connectivity index (χ1n) is 10.5. The van der Waals surface area contributed by atoms with Crippen molar-refractivity contribution < 1.29 is 9.53 Å². The normalized spacial score (nSPS) is 14.6. The molecule has 0 N–H and O–H groups in total. The topological polar surface area (TPSA) is 50.6 Å². The fourth-order valence-electron chi connectivity index (χ4n) is 3.78. The molecule has 0 radical (unpaired) electrons. The maximum atomic E-state index is 12.9. The standard InChI is InChI=1S/C24H27ClN4O2/c1-18-21(15-27(2)26-18)16-28-11-13-29(14-12-28)24(30)20-5-3-19(4-6-20)17-31-23-9-7-22(25)8-10-23/h3-10,15H,11-14,16-17H2,1-2H3. The summed E-state index contributed by atoms with van der Waals surface area (Å²) in [6, 6.07) is 15.0. The summed E-state index contributed by atoms with van der Waals surface area (Å²) in [6.07, 6.45) is 2.07. The summed E-state index contributed by atoms with van der Waals surface area (Å²) in [5.74, 6) is 0.853. The van der Waals surface area contributed by atoms with Gasteiger partial charge in [-0.25, -0.2) is 0 Å². The number of halogens is 1. The lowest BCUT2D eigenvalue weighted by atomic mass is 10.1. The van der Waals surface area contributed by atoms with Crippen molar-refractivity contribution in [1.82, 2.24) is 19.6 Å². The minimum absolute atomic E-state index is 0.0855. The van der Waals surface area contributed by atoms with Gasteiger partial charge in [-0.2, -0.15) is 5.10 Å². The van der Waals surface area contributed by atoms with Gasteiger partial charge >= 0.3 is 0 Å². The largest absolute Gasteiger partial charge is 0.489 e. The van der Waals surface area contributed by atoms with E-state index in [0.717, 1.165) is 49.7 Å². The first-order valence-corrected chi connectivity index (χ1v) is 10.8. The second-order valence-electron chi connectivity index (χ2n) is 7.92. The van der Waals surface area contributed by atoms with Crippen LogP contribution >= 0.6 is 11.6 Å². The molecule has 162 valence electrons. The van der Waals surface area contributed by atoms with E-state index in [1.807, 2.05) is 60.0 Å². The van der Waals surface area contributed by atoms with Gasteiger partial charge in [0.2, 0.25) is 0 Å². The Balaban J connectivity index is 1.27. The molecule has 0 bridgehead atoms. The molecule has 3 aromatic rings. The molecule has 0 unspecified atom stereocenters. The zero-order valence-corrected chi connectivity index (χ0v) is 18.7. The average molecular weight is 439 g/mol.